The molecule has 0 saturated heterocycles. The molecule has 2 rings (SSSR count). The molecule has 0 spiro atoms. The van der Waals surface area contributed by atoms with Crippen LogP contribution >= 0.6 is 0 Å². The molecule has 0 aliphatic carbocycles. The van der Waals surface area contributed by atoms with Gasteiger partial charge < -0.3 is 14.2 Å². The first-order valence-electron chi connectivity index (χ1n) is 6.85. The third kappa shape index (κ3) is 4.14. The molecule has 2 aromatic rings. The Morgan fingerprint density at radius 2 is 1.48 bits per heavy atom. The van der Waals surface area contributed by atoms with E-state index < -0.39 is 10.0 Å². The zero-order chi connectivity index (χ0) is 16.9. The maximum Gasteiger partial charge on any atom is 0.240 e. The van der Waals surface area contributed by atoms with Crippen molar-refractivity contribution >= 4 is 10.0 Å². The lowest BCUT2D eigenvalue weighted by molar-refractivity contribution is 0.398. The summed E-state index contributed by atoms with van der Waals surface area (Å²) in [6.45, 7) is 0.0920. The molecule has 7 heteroatoms. The molecule has 0 radical (unpaired) electrons. The predicted octanol–water partition coefficient (Wildman–Crippen LogP) is 2.19. The second-order valence-corrected chi connectivity index (χ2v) is 6.44. The van der Waals surface area contributed by atoms with E-state index in [2.05, 4.69) is 4.72 Å². The van der Waals surface area contributed by atoms with E-state index >= 15 is 0 Å². The minimum absolute atomic E-state index is 0.0920. The van der Waals surface area contributed by atoms with Crippen molar-refractivity contribution in [3.8, 4) is 17.2 Å². The Morgan fingerprint density at radius 3 is 2.04 bits per heavy atom. The minimum Gasteiger partial charge on any atom is -0.497 e. The number of hydrogen-bond donors (Lipinski definition) is 1. The molecular formula is C16H19NO5S. The summed E-state index contributed by atoms with van der Waals surface area (Å²) in [4.78, 5) is 0.167. The first-order valence-corrected chi connectivity index (χ1v) is 8.33. The molecular weight excluding hydrogens is 318 g/mol. The van der Waals surface area contributed by atoms with Gasteiger partial charge >= 0.3 is 0 Å². The summed E-state index contributed by atoms with van der Waals surface area (Å²) in [5.41, 5.74) is 0.684. The van der Waals surface area contributed by atoms with Crippen molar-refractivity contribution in [3.05, 3.63) is 48.0 Å². The van der Waals surface area contributed by atoms with Gasteiger partial charge in [-0.15, -0.1) is 0 Å². The van der Waals surface area contributed by atoms with Gasteiger partial charge in [0.15, 0.2) is 0 Å². The van der Waals surface area contributed by atoms with Crippen LogP contribution in [0.25, 0.3) is 0 Å². The Hall–Kier alpha value is -2.25. The van der Waals surface area contributed by atoms with Crippen LogP contribution in [0.3, 0.4) is 0 Å². The van der Waals surface area contributed by atoms with E-state index in [0.717, 1.165) is 0 Å². The van der Waals surface area contributed by atoms with Crippen molar-refractivity contribution in [3.63, 3.8) is 0 Å². The van der Waals surface area contributed by atoms with Crippen LogP contribution in [0, 0.1) is 0 Å². The smallest absolute Gasteiger partial charge is 0.240 e. The van der Waals surface area contributed by atoms with Crippen LogP contribution in [0.1, 0.15) is 5.56 Å². The summed E-state index contributed by atoms with van der Waals surface area (Å²) in [5, 5.41) is 0. The van der Waals surface area contributed by atoms with E-state index in [4.69, 9.17) is 14.2 Å². The van der Waals surface area contributed by atoms with Crippen LogP contribution in [0.15, 0.2) is 47.4 Å². The monoisotopic (exact) mass is 337 g/mol. The Bertz CT molecular complexity index is 757. The highest BCUT2D eigenvalue weighted by atomic mass is 32.2. The van der Waals surface area contributed by atoms with Gasteiger partial charge in [-0.25, -0.2) is 13.1 Å². The van der Waals surface area contributed by atoms with Gasteiger partial charge in [-0.1, -0.05) is 0 Å². The van der Waals surface area contributed by atoms with Crippen LogP contribution in [-0.4, -0.2) is 29.7 Å². The lowest BCUT2D eigenvalue weighted by atomic mass is 10.2. The van der Waals surface area contributed by atoms with Gasteiger partial charge in [0.25, 0.3) is 0 Å². The first-order chi connectivity index (χ1) is 11.0. The highest BCUT2D eigenvalue weighted by Crippen LogP contribution is 2.24. The van der Waals surface area contributed by atoms with Gasteiger partial charge in [-0.05, 0) is 42.5 Å². The summed E-state index contributed by atoms with van der Waals surface area (Å²) in [5.74, 6) is 1.81. The molecule has 0 aromatic heterocycles. The van der Waals surface area contributed by atoms with E-state index in [1.165, 1.54) is 26.4 Å². The Labute approximate surface area is 136 Å². The maximum atomic E-state index is 12.3. The second kappa shape index (κ2) is 7.34. The number of hydrogen-bond acceptors (Lipinski definition) is 5. The molecule has 23 heavy (non-hydrogen) atoms. The van der Waals surface area contributed by atoms with E-state index in [1.54, 1.807) is 37.4 Å². The zero-order valence-corrected chi connectivity index (χ0v) is 14.0. The predicted molar refractivity (Wildman–Crippen MR) is 86.6 cm³/mol. The number of rotatable bonds is 7. The lowest BCUT2D eigenvalue weighted by Crippen LogP contribution is -2.23. The van der Waals surface area contributed by atoms with Gasteiger partial charge in [0.2, 0.25) is 10.0 Å². The number of methoxy groups -OCH3 is 3. The number of benzene rings is 2. The van der Waals surface area contributed by atoms with Crippen LogP contribution in [0.5, 0.6) is 17.2 Å². The van der Waals surface area contributed by atoms with E-state index in [9.17, 15) is 8.42 Å². The molecule has 0 atom stereocenters. The normalized spacial score (nSPS) is 11.1. The molecule has 1 N–H and O–H groups in total. The van der Waals surface area contributed by atoms with Gasteiger partial charge in [0.05, 0.1) is 26.2 Å². The fraction of sp³-hybridized carbons (Fsp3) is 0.250. The Kier molecular flexibility index (Phi) is 5.46. The summed E-state index contributed by atoms with van der Waals surface area (Å²) in [6, 6.07) is 11.4. The fourth-order valence-corrected chi connectivity index (χ4v) is 3.04. The van der Waals surface area contributed by atoms with Gasteiger partial charge in [-0.2, -0.15) is 0 Å². The van der Waals surface area contributed by atoms with Crippen LogP contribution < -0.4 is 18.9 Å². The standard InChI is InChI=1S/C16H19NO5S/c1-20-13-4-7-15(8-5-13)23(18,19)17-11-12-10-14(21-2)6-9-16(12)22-3/h4-10,17H,11H2,1-3H3. The summed E-state index contributed by atoms with van der Waals surface area (Å²) in [6.07, 6.45) is 0. The molecule has 0 amide bonds. The largest absolute Gasteiger partial charge is 0.497 e. The van der Waals surface area contributed by atoms with E-state index in [0.29, 0.717) is 22.8 Å². The third-order valence-corrected chi connectivity index (χ3v) is 4.73. The Balaban J connectivity index is 2.18. The molecule has 0 heterocycles. The van der Waals surface area contributed by atoms with E-state index in [1.807, 2.05) is 0 Å². The molecule has 0 fully saturated rings. The summed E-state index contributed by atoms with van der Waals surface area (Å²) < 4.78 is 42.6. The molecule has 0 aliphatic heterocycles. The van der Waals surface area contributed by atoms with Crippen LogP contribution in [0.2, 0.25) is 0 Å². The SMILES string of the molecule is COc1ccc(S(=O)(=O)NCc2cc(OC)ccc2OC)cc1. The molecule has 0 aliphatic rings. The minimum atomic E-state index is -3.63. The average molecular weight is 337 g/mol. The molecule has 124 valence electrons. The van der Waals surface area contributed by atoms with Crippen molar-refractivity contribution in [2.45, 2.75) is 11.4 Å². The van der Waals surface area contributed by atoms with Crippen molar-refractivity contribution in [2.24, 2.45) is 0 Å². The van der Waals surface area contributed by atoms with Crippen molar-refractivity contribution in [1.29, 1.82) is 0 Å². The van der Waals surface area contributed by atoms with Crippen molar-refractivity contribution < 1.29 is 22.6 Å². The second-order valence-electron chi connectivity index (χ2n) is 4.68. The molecule has 2 aromatic carbocycles. The Morgan fingerprint density at radius 1 is 0.870 bits per heavy atom. The quantitative estimate of drug-likeness (QED) is 0.838. The average Bonchev–Trinajstić information content (AvgIpc) is 2.59. The molecule has 0 unspecified atom stereocenters. The number of nitrogens with one attached hydrogen (secondary N) is 1. The van der Waals surface area contributed by atoms with E-state index in [-0.39, 0.29) is 11.4 Å². The van der Waals surface area contributed by atoms with Crippen molar-refractivity contribution in [1.82, 2.24) is 4.72 Å². The highest BCUT2D eigenvalue weighted by molar-refractivity contribution is 7.89. The van der Waals surface area contributed by atoms with Crippen LogP contribution in [0.4, 0.5) is 0 Å². The summed E-state index contributed by atoms with van der Waals surface area (Å²) in [7, 11) is 0.974. The lowest BCUT2D eigenvalue weighted by Gasteiger charge is -2.12. The molecule has 6 nitrogen and oxygen atoms in total. The first kappa shape index (κ1) is 17.1. The van der Waals surface area contributed by atoms with Crippen molar-refractivity contribution in [2.75, 3.05) is 21.3 Å². The maximum absolute atomic E-state index is 12.3. The highest BCUT2D eigenvalue weighted by Gasteiger charge is 2.15. The summed E-state index contributed by atoms with van der Waals surface area (Å²) >= 11 is 0. The fourth-order valence-electron chi connectivity index (χ4n) is 2.03. The molecule has 0 bridgehead atoms. The molecule has 0 saturated carbocycles. The van der Waals surface area contributed by atoms with Gasteiger partial charge in [0.1, 0.15) is 17.2 Å². The van der Waals surface area contributed by atoms with Gasteiger partial charge in [-0.3, -0.25) is 0 Å². The van der Waals surface area contributed by atoms with Crippen LogP contribution in [-0.2, 0) is 16.6 Å². The topological polar surface area (TPSA) is 73.9 Å². The number of ether oxygens (including phenoxy) is 3. The zero-order valence-electron chi connectivity index (χ0n) is 13.2. The third-order valence-electron chi connectivity index (χ3n) is 3.31. The van der Waals surface area contributed by atoms with Gasteiger partial charge in [0, 0.05) is 12.1 Å². The number of sulfonamides is 1.